The van der Waals surface area contributed by atoms with E-state index in [1.54, 1.807) is 31.4 Å². The Labute approximate surface area is 135 Å². The van der Waals surface area contributed by atoms with Gasteiger partial charge < -0.3 is 9.47 Å². The van der Waals surface area contributed by atoms with Crippen molar-refractivity contribution < 1.29 is 22.1 Å². The second kappa shape index (κ2) is 6.22. The number of methoxy groups -OCH3 is 1. The molecule has 1 aliphatic heterocycles. The van der Waals surface area contributed by atoms with Crippen molar-refractivity contribution in [2.75, 3.05) is 13.7 Å². The zero-order valence-corrected chi connectivity index (χ0v) is 13.8. The molecule has 0 amide bonds. The van der Waals surface area contributed by atoms with E-state index in [1.165, 1.54) is 0 Å². The summed E-state index contributed by atoms with van der Waals surface area (Å²) >= 11 is 0. The molecule has 0 spiro atoms. The van der Waals surface area contributed by atoms with Gasteiger partial charge in [0.05, 0.1) is 12.0 Å². The molecule has 0 saturated heterocycles. The number of hydrogen-bond donors (Lipinski definition) is 0. The molecule has 2 aromatic rings. The molecule has 1 atom stereocenters. The summed E-state index contributed by atoms with van der Waals surface area (Å²) in [6.07, 6.45) is 0.271. The fourth-order valence-corrected chi connectivity index (χ4v) is 3.39. The second-order valence-corrected chi connectivity index (χ2v) is 7.08. The lowest BCUT2D eigenvalue weighted by Gasteiger charge is -2.11. The van der Waals surface area contributed by atoms with Crippen LogP contribution in [0.5, 0.6) is 11.5 Å². The Balaban J connectivity index is 1.64. The molecule has 2 aromatic carbocycles. The summed E-state index contributed by atoms with van der Waals surface area (Å²) in [5.41, 5.74) is 1.98. The SMILES string of the molecule is COc1ccc2c(c1)C[C@H](COS(=O)(=O)c1ccc(C)cc1)O2. The minimum Gasteiger partial charge on any atom is -0.497 e. The van der Waals surface area contributed by atoms with E-state index in [2.05, 4.69) is 0 Å². The van der Waals surface area contributed by atoms with E-state index in [9.17, 15) is 8.42 Å². The average Bonchev–Trinajstić information content (AvgIpc) is 2.95. The lowest BCUT2D eigenvalue weighted by molar-refractivity contribution is 0.152. The first-order valence-corrected chi connectivity index (χ1v) is 8.68. The summed E-state index contributed by atoms with van der Waals surface area (Å²) in [4.78, 5) is 0.153. The van der Waals surface area contributed by atoms with Gasteiger partial charge in [0.1, 0.15) is 24.2 Å². The molecule has 0 saturated carbocycles. The third kappa shape index (κ3) is 3.48. The average molecular weight is 334 g/mol. The number of ether oxygens (including phenoxy) is 2. The number of fused-ring (bicyclic) bond motifs is 1. The molecule has 23 heavy (non-hydrogen) atoms. The highest BCUT2D eigenvalue weighted by Gasteiger charge is 2.26. The molecular weight excluding hydrogens is 316 g/mol. The van der Waals surface area contributed by atoms with E-state index in [4.69, 9.17) is 13.7 Å². The van der Waals surface area contributed by atoms with Crippen LogP contribution >= 0.6 is 0 Å². The molecule has 0 radical (unpaired) electrons. The number of aryl methyl sites for hydroxylation is 1. The van der Waals surface area contributed by atoms with E-state index < -0.39 is 10.1 Å². The number of hydrogen-bond acceptors (Lipinski definition) is 5. The van der Waals surface area contributed by atoms with Crippen molar-refractivity contribution in [3.63, 3.8) is 0 Å². The first kappa shape index (κ1) is 15.8. The number of benzene rings is 2. The molecule has 6 heteroatoms. The van der Waals surface area contributed by atoms with E-state index >= 15 is 0 Å². The number of rotatable bonds is 5. The van der Waals surface area contributed by atoms with Crippen LogP contribution in [0.2, 0.25) is 0 Å². The van der Waals surface area contributed by atoms with Crippen molar-refractivity contribution >= 4 is 10.1 Å². The first-order chi connectivity index (χ1) is 11.0. The lowest BCUT2D eigenvalue weighted by Crippen LogP contribution is -2.23. The predicted octanol–water partition coefficient (Wildman–Crippen LogP) is 2.71. The Morgan fingerprint density at radius 1 is 1.17 bits per heavy atom. The topological polar surface area (TPSA) is 61.8 Å². The molecule has 1 heterocycles. The maximum absolute atomic E-state index is 12.2. The van der Waals surface area contributed by atoms with Gasteiger partial charge >= 0.3 is 0 Å². The summed E-state index contributed by atoms with van der Waals surface area (Å²) in [6, 6.07) is 12.1. The Morgan fingerprint density at radius 3 is 2.61 bits per heavy atom. The highest BCUT2D eigenvalue weighted by molar-refractivity contribution is 7.86. The second-order valence-electron chi connectivity index (χ2n) is 5.47. The normalized spacial score (nSPS) is 16.7. The quantitative estimate of drug-likeness (QED) is 0.787. The van der Waals surface area contributed by atoms with Crippen molar-refractivity contribution in [1.29, 1.82) is 0 Å². The molecule has 0 bridgehead atoms. The third-order valence-electron chi connectivity index (χ3n) is 3.73. The van der Waals surface area contributed by atoms with Gasteiger partial charge in [-0.15, -0.1) is 0 Å². The Bertz CT molecular complexity index is 796. The van der Waals surface area contributed by atoms with Gasteiger partial charge in [-0.1, -0.05) is 17.7 Å². The maximum atomic E-state index is 12.2. The Kier molecular flexibility index (Phi) is 4.28. The van der Waals surface area contributed by atoms with Crippen LogP contribution in [0.3, 0.4) is 0 Å². The van der Waals surface area contributed by atoms with Crippen LogP contribution in [-0.2, 0) is 20.7 Å². The van der Waals surface area contributed by atoms with Gasteiger partial charge in [0.25, 0.3) is 10.1 Å². The minimum atomic E-state index is -3.77. The zero-order chi connectivity index (χ0) is 16.4. The zero-order valence-electron chi connectivity index (χ0n) is 13.0. The standard InChI is InChI=1S/C17H18O5S/c1-12-3-6-16(7-4-12)23(18,19)21-11-15-10-13-9-14(20-2)5-8-17(13)22-15/h3-9,15H,10-11H2,1-2H3/t15-/m1/s1. The smallest absolute Gasteiger partial charge is 0.297 e. The van der Waals surface area contributed by atoms with Crippen molar-refractivity contribution in [2.45, 2.75) is 24.3 Å². The van der Waals surface area contributed by atoms with Crippen LogP contribution in [0, 0.1) is 6.92 Å². The Hall–Kier alpha value is -2.05. The lowest BCUT2D eigenvalue weighted by atomic mass is 10.1. The van der Waals surface area contributed by atoms with Gasteiger partial charge in [0.15, 0.2) is 0 Å². The molecule has 0 fully saturated rings. The van der Waals surface area contributed by atoms with Crippen LogP contribution < -0.4 is 9.47 Å². The fraction of sp³-hybridized carbons (Fsp3) is 0.294. The molecular formula is C17H18O5S. The molecule has 122 valence electrons. The molecule has 3 rings (SSSR count). The highest BCUT2D eigenvalue weighted by Crippen LogP contribution is 2.32. The van der Waals surface area contributed by atoms with Gasteiger partial charge in [-0.05, 0) is 37.3 Å². The largest absolute Gasteiger partial charge is 0.497 e. The van der Waals surface area contributed by atoms with Crippen molar-refractivity contribution in [3.8, 4) is 11.5 Å². The molecule has 0 aromatic heterocycles. The summed E-state index contributed by atoms with van der Waals surface area (Å²) in [5, 5.41) is 0. The van der Waals surface area contributed by atoms with Crippen LogP contribution in [0.4, 0.5) is 0 Å². The summed E-state index contributed by atoms with van der Waals surface area (Å²) in [5.74, 6) is 1.49. The molecule has 1 aliphatic rings. The Morgan fingerprint density at radius 2 is 1.91 bits per heavy atom. The summed E-state index contributed by atoms with van der Waals surface area (Å²) in [7, 11) is -2.17. The third-order valence-corrected chi connectivity index (χ3v) is 5.02. The van der Waals surface area contributed by atoms with Crippen molar-refractivity contribution in [2.24, 2.45) is 0 Å². The molecule has 0 N–H and O–H groups in total. The van der Waals surface area contributed by atoms with Gasteiger partial charge in [-0.25, -0.2) is 0 Å². The van der Waals surface area contributed by atoms with E-state index in [-0.39, 0.29) is 17.6 Å². The fourth-order valence-electron chi connectivity index (χ4n) is 2.46. The maximum Gasteiger partial charge on any atom is 0.297 e. The van der Waals surface area contributed by atoms with Crippen molar-refractivity contribution in [3.05, 3.63) is 53.6 Å². The van der Waals surface area contributed by atoms with Crippen LogP contribution in [0.15, 0.2) is 47.4 Å². The summed E-state index contributed by atoms with van der Waals surface area (Å²) < 4.78 is 40.4. The van der Waals surface area contributed by atoms with Gasteiger partial charge in [-0.3, -0.25) is 4.18 Å². The van der Waals surface area contributed by atoms with E-state index in [1.807, 2.05) is 25.1 Å². The van der Waals surface area contributed by atoms with Gasteiger partial charge in [0.2, 0.25) is 0 Å². The molecule has 0 unspecified atom stereocenters. The monoisotopic (exact) mass is 334 g/mol. The predicted molar refractivity (Wildman–Crippen MR) is 85.4 cm³/mol. The highest BCUT2D eigenvalue weighted by atomic mass is 32.2. The van der Waals surface area contributed by atoms with Crippen LogP contribution in [0.25, 0.3) is 0 Å². The van der Waals surface area contributed by atoms with E-state index in [0.29, 0.717) is 6.42 Å². The van der Waals surface area contributed by atoms with Crippen LogP contribution in [-0.4, -0.2) is 28.2 Å². The van der Waals surface area contributed by atoms with E-state index in [0.717, 1.165) is 22.6 Å². The van der Waals surface area contributed by atoms with Crippen molar-refractivity contribution in [1.82, 2.24) is 0 Å². The van der Waals surface area contributed by atoms with Crippen LogP contribution in [0.1, 0.15) is 11.1 Å². The summed E-state index contributed by atoms with van der Waals surface area (Å²) in [6.45, 7) is 1.88. The molecule has 0 aliphatic carbocycles. The minimum absolute atomic E-state index is 0.0206. The van der Waals surface area contributed by atoms with Gasteiger partial charge in [-0.2, -0.15) is 8.42 Å². The first-order valence-electron chi connectivity index (χ1n) is 7.27. The molecule has 5 nitrogen and oxygen atoms in total. The van der Waals surface area contributed by atoms with Gasteiger partial charge in [0, 0.05) is 12.0 Å².